The second kappa shape index (κ2) is 6.92. The van der Waals surface area contributed by atoms with Gasteiger partial charge in [0.05, 0.1) is 30.1 Å². The van der Waals surface area contributed by atoms with E-state index in [1.54, 1.807) is 24.4 Å². The van der Waals surface area contributed by atoms with Gasteiger partial charge in [-0.25, -0.2) is 0 Å². The fourth-order valence-electron chi connectivity index (χ4n) is 3.07. The fraction of sp³-hybridized carbons (Fsp3) is 0.438. The Kier molecular flexibility index (Phi) is 4.64. The molecule has 2 aromatic rings. The van der Waals surface area contributed by atoms with Gasteiger partial charge in [-0.15, -0.1) is 5.10 Å². The Balaban J connectivity index is 1.46. The number of nitrogens with zero attached hydrogens (tertiary/aromatic N) is 4. The van der Waals surface area contributed by atoms with Crippen molar-refractivity contribution >= 4 is 40.7 Å². The second-order valence-electron chi connectivity index (χ2n) is 5.98. The summed E-state index contributed by atoms with van der Waals surface area (Å²) in [4.78, 5) is 6.69. The first-order chi connectivity index (χ1) is 12.1. The molecule has 2 saturated heterocycles. The Morgan fingerprint density at radius 1 is 1.12 bits per heavy atom. The molecule has 0 atom stereocenters. The molecular formula is C16H17Cl2N5O2. The van der Waals surface area contributed by atoms with Gasteiger partial charge in [0.1, 0.15) is 0 Å². The topological polar surface area (TPSA) is 72.4 Å². The van der Waals surface area contributed by atoms with Crippen LogP contribution in [0.25, 0.3) is 0 Å². The summed E-state index contributed by atoms with van der Waals surface area (Å²) in [5.41, 5.74) is 0.676. The monoisotopic (exact) mass is 381 g/mol. The van der Waals surface area contributed by atoms with Gasteiger partial charge >= 0.3 is 0 Å². The standard InChI is InChI=1S/C16H17Cl2N5O2/c17-11-1-2-13(12(18)9-11)20-15-21-14(10-19-22-15)23-5-3-16(4-6-23)24-7-8-25-16/h1-2,9-10H,3-8H2,(H,20,21,22). The number of aromatic nitrogens is 3. The Labute approximate surface area is 155 Å². The third-order valence-corrected chi connectivity index (χ3v) is 4.93. The first kappa shape index (κ1) is 16.8. The van der Waals surface area contributed by atoms with Crippen LogP contribution in [0.3, 0.4) is 0 Å². The molecule has 0 saturated carbocycles. The van der Waals surface area contributed by atoms with Crippen molar-refractivity contribution in [3.8, 4) is 0 Å². The maximum absolute atomic E-state index is 6.18. The lowest BCUT2D eigenvalue weighted by Gasteiger charge is -2.37. The molecule has 1 spiro atoms. The molecule has 0 bridgehead atoms. The Morgan fingerprint density at radius 2 is 1.88 bits per heavy atom. The van der Waals surface area contributed by atoms with E-state index in [0.717, 1.165) is 31.7 Å². The van der Waals surface area contributed by atoms with Crippen LogP contribution in [0, 0.1) is 0 Å². The van der Waals surface area contributed by atoms with Crippen LogP contribution in [-0.4, -0.2) is 47.3 Å². The van der Waals surface area contributed by atoms with E-state index in [0.29, 0.717) is 34.9 Å². The molecule has 2 aliphatic rings. The van der Waals surface area contributed by atoms with Crippen molar-refractivity contribution in [1.29, 1.82) is 0 Å². The van der Waals surface area contributed by atoms with Gasteiger partial charge in [-0.2, -0.15) is 10.1 Å². The van der Waals surface area contributed by atoms with Crippen LogP contribution in [-0.2, 0) is 9.47 Å². The van der Waals surface area contributed by atoms with Gasteiger partial charge < -0.3 is 19.7 Å². The quantitative estimate of drug-likeness (QED) is 0.874. The van der Waals surface area contributed by atoms with E-state index in [4.69, 9.17) is 32.7 Å². The van der Waals surface area contributed by atoms with Gasteiger partial charge in [0.15, 0.2) is 11.6 Å². The highest BCUT2D eigenvalue weighted by Crippen LogP contribution is 2.33. The predicted molar refractivity (Wildman–Crippen MR) is 95.7 cm³/mol. The molecule has 132 valence electrons. The number of benzene rings is 1. The van der Waals surface area contributed by atoms with E-state index < -0.39 is 5.79 Å². The number of piperidine rings is 1. The zero-order chi connectivity index (χ0) is 17.3. The number of ether oxygens (including phenoxy) is 2. The third-order valence-electron chi connectivity index (χ3n) is 4.39. The molecule has 0 unspecified atom stereocenters. The minimum absolute atomic E-state index is 0.385. The lowest BCUT2D eigenvalue weighted by molar-refractivity contribution is -0.169. The highest BCUT2D eigenvalue weighted by Gasteiger charge is 2.40. The van der Waals surface area contributed by atoms with Crippen molar-refractivity contribution < 1.29 is 9.47 Å². The summed E-state index contributed by atoms with van der Waals surface area (Å²) in [5.74, 6) is 0.736. The summed E-state index contributed by atoms with van der Waals surface area (Å²) in [7, 11) is 0. The zero-order valence-corrected chi connectivity index (χ0v) is 14.9. The number of anilines is 3. The first-order valence-corrected chi connectivity index (χ1v) is 8.84. The molecule has 0 radical (unpaired) electrons. The zero-order valence-electron chi connectivity index (χ0n) is 13.4. The van der Waals surface area contributed by atoms with Gasteiger partial charge in [0, 0.05) is 31.0 Å². The average molecular weight is 382 g/mol. The molecule has 0 aliphatic carbocycles. The number of hydrogen-bond acceptors (Lipinski definition) is 7. The van der Waals surface area contributed by atoms with E-state index in [1.807, 2.05) is 0 Å². The van der Waals surface area contributed by atoms with E-state index in [-0.39, 0.29) is 0 Å². The van der Waals surface area contributed by atoms with Gasteiger partial charge in [0.25, 0.3) is 0 Å². The van der Waals surface area contributed by atoms with Crippen molar-refractivity contribution in [3.63, 3.8) is 0 Å². The summed E-state index contributed by atoms with van der Waals surface area (Å²) in [6, 6.07) is 5.19. The van der Waals surface area contributed by atoms with E-state index in [2.05, 4.69) is 25.4 Å². The van der Waals surface area contributed by atoms with Crippen molar-refractivity contribution in [2.24, 2.45) is 0 Å². The first-order valence-electron chi connectivity index (χ1n) is 8.08. The van der Waals surface area contributed by atoms with Crippen LogP contribution in [0.4, 0.5) is 17.5 Å². The average Bonchev–Trinajstić information content (AvgIpc) is 3.06. The molecule has 3 heterocycles. The van der Waals surface area contributed by atoms with E-state index >= 15 is 0 Å². The summed E-state index contributed by atoms with van der Waals surface area (Å²) >= 11 is 12.1. The van der Waals surface area contributed by atoms with E-state index in [1.165, 1.54) is 0 Å². The molecule has 0 amide bonds. The van der Waals surface area contributed by atoms with Crippen LogP contribution < -0.4 is 10.2 Å². The highest BCUT2D eigenvalue weighted by molar-refractivity contribution is 6.36. The summed E-state index contributed by atoms with van der Waals surface area (Å²) in [5, 5.41) is 12.2. The lowest BCUT2D eigenvalue weighted by Crippen LogP contribution is -2.45. The minimum Gasteiger partial charge on any atom is -0.355 e. The molecule has 2 fully saturated rings. The van der Waals surface area contributed by atoms with Gasteiger partial charge in [-0.05, 0) is 18.2 Å². The molecule has 9 heteroatoms. The molecule has 4 rings (SSSR count). The lowest BCUT2D eigenvalue weighted by atomic mass is 10.0. The highest BCUT2D eigenvalue weighted by atomic mass is 35.5. The fourth-order valence-corrected chi connectivity index (χ4v) is 3.53. The number of nitrogens with one attached hydrogen (secondary N) is 1. The molecular weight excluding hydrogens is 365 g/mol. The van der Waals surface area contributed by atoms with E-state index in [9.17, 15) is 0 Å². The molecule has 2 aliphatic heterocycles. The second-order valence-corrected chi connectivity index (χ2v) is 6.83. The van der Waals surface area contributed by atoms with Gasteiger partial charge in [-0.3, -0.25) is 0 Å². The van der Waals surface area contributed by atoms with Crippen molar-refractivity contribution in [3.05, 3.63) is 34.4 Å². The number of rotatable bonds is 3. The molecule has 25 heavy (non-hydrogen) atoms. The maximum Gasteiger partial charge on any atom is 0.249 e. The summed E-state index contributed by atoms with van der Waals surface area (Å²) in [6.07, 6.45) is 3.27. The number of halogens is 2. The largest absolute Gasteiger partial charge is 0.355 e. The van der Waals surface area contributed by atoms with Gasteiger partial charge in [-0.1, -0.05) is 23.2 Å². The van der Waals surface area contributed by atoms with Crippen molar-refractivity contribution in [2.75, 3.05) is 36.5 Å². The van der Waals surface area contributed by atoms with Gasteiger partial charge in [0.2, 0.25) is 5.95 Å². The minimum atomic E-state index is -0.408. The molecule has 1 aromatic heterocycles. The number of hydrogen-bond donors (Lipinski definition) is 1. The molecule has 7 nitrogen and oxygen atoms in total. The van der Waals surface area contributed by atoms with Crippen LogP contribution in [0.5, 0.6) is 0 Å². The SMILES string of the molecule is Clc1ccc(Nc2nncc(N3CCC4(CC3)OCCO4)n2)c(Cl)c1. The van der Waals surface area contributed by atoms with Crippen LogP contribution in [0.15, 0.2) is 24.4 Å². The molecule has 1 N–H and O–H groups in total. The Bertz CT molecular complexity index is 760. The Hall–Kier alpha value is -1.67. The van der Waals surface area contributed by atoms with Crippen molar-refractivity contribution in [1.82, 2.24) is 15.2 Å². The van der Waals surface area contributed by atoms with Crippen LogP contribution in [0.2, 0.25) is 10.0 Å². The summed E-state index contributed by atoms with van der Waals surface area (Å²) < 4.78 is 11.5. The van der Waals surface area contributed by atoms with Crippen molar-refractivity contribution in [2.45, 2.75) is 18.6 Å². The predicted octanol–water partition coefficient (Wildman–Crippen LogP) is 3.27. The maximum atomic E-state index is 6.18. The molecule has 1 aromatic carbocycles. The normalized spacial score (nSPS) is 19.4. The van der Waals surface area contributed by atoms with Crippen LogP contribution in [0.1, 0.15) is 12.8 Å². The smallest absolute Gasteiger partial charge is 0.249 e. The Morgan fingerprint density at radius 3 is 2.60 bits per heavy atom. The summed E-state index contributed by atoms with van der Waals surface area (Å²) in [6.45, 7) is 2.93. The van der Waals surface area contributed by atoms with Crippen LogP contribution >= 0.6 is 23.2 Å². The third kappa shape index (κ3) is 3.64.